The predicted molar refractivity (Wildman–Crippen MR) is 91.4 cm³/mol. The molecule has 1 saturated carbocycles. The lowest BCUT2D eigenvalue weighted by molar-refractivity contribution is -0.141. The van der Waals surface area contributed by atoms with E-state index >= 15 is 0 Å². The van der Waals surface area contributed by atoms with Crippen molar-refractivity contribution in [1.82, 2.24) is 15.3 Å². The van der Waals surface area contributed by atoms with Crippen LogP contribution in [0.5, 0.6) is 0 Å². The summed E-state index contributed by atoms with van der Waals surface area (Å²) in [5.41, 5.74) is -1.51. The van der Waals surface area contributed by atoms with Crippen molar-refractivity contribution in [2.45, 2.75) is 25.4 Å². The number of nitrogens with one attached hydrogen (secondary N) is 2. The van der Waals surface area contributed by atoms with Crippen LogP contribution in [0, 0.1) is 5.92 Å². The number of hydrogen-bond acceptors (Lipinski definition) is 4. The number of halogens is 4. The molecule has 5 nitrogen and oxygen atoms in total. The molecule has 1 amide bonds. The quantitative estimate of drug-likeness (QED) is 0.800. The molecule has 0 spiro atoms. The first-order valence-electron chi connectivity index (χ1n) is 8.08. The molecule has 0 bridgehead atoms. The molecular weight excluding hydrogens is 369 g/mol. The van der Waals surface area contributed by atoms with Crippen molar-refractivity contribution in [3.05, 3.63) is 46.7 Å². The molecular formula is C17H16ClF3N4O. The number of alkyl halides is 3. The van der Waals surface area contributed by atoms with Crippen LogP contribution >= 0.6 is 11.6 Å². The summed E-state index contributed by atoms with van der Waals surface area (Å²) in [6.45, 7) is 0.357. The van der Waals surface area contributed by atoms with Crippen LogP contribution in [0.4, 0.5) is 24.8 Å². The van der Waals surface area contributed by atoms with Gasteiger partial charge in [-0.3, -0.25) is 4.79 Å². The van der Waals surface area contributed by atoms with E-state index in [4.69, 9.17) is 11.6 Å². The third-order valence-corrected chi connectivity index (χ3v) is 4.53. The van der Waals surface area contributed by atoms with Crippen LogP contribution in [-0.2, 0) is 6.18 Å². The standard InChI is InChI=1S/C17H16ClF3N4O/c18-12-6-1-2-7-13(12)24-16-23-9-11(14(25-16)17(19,20)21)15(26)22-8-10-4-3-5-10/h1-2,6-7,9-10H,3-5,8H2,(H,22,26)(H,23,24,25). The van der Waals surface area contributed by atoms with Crippen molar-refractivity contribution in [3.8, 4) is 0 Å². The summed E-state index contributed by atoms with van der Waals surface area (Å²) in [6, 6.07) is 6.52. The topological polar surface area (TPSA) is 66.9 Å². The van der Waals surface area contributed by atoms with Crippen molar-refractivity contribution in [2.24, 2.45) is 5.92 Å². The van der Waals surface area contributed by atoms with Gasteiger partial charge in [-0.25, -0.2) is 9.97 Å². The molecule has 0 atom stereocenters. The van der Waals surface area contributed by atoms with Gasteiger partial charge in [-0.15, -0.1) is 0 Å². The minimum absolute atomic E-state index is 0.291. The number of amides is 1. The Morgan fingerprint density at radius 1 is 1.27 bits per heavy atom. The third-order valence-electron chi connectivity index (χ3n) is 4.20. The summed E-state index contributed by atoms with van der Waals surface area (Å²) in [6.07, 6.45) is -0.874. The second-order valence-electron chi connectivity index (χ2n) is 6.07. The van der Waals surface area contributed by atoms with Crippen molar-refractivity contribution in [2.75, 3.05) is 11.9 Å². The van der Waals surface area contributed by atoms with Gasteiger partial charge < -0.3 is 10.6 Å². The van der Waals surface area contributed by atoms with Gasteiger partial charge in [0, 0.05) is 12.7 Å². The van der Waals surface area contributed by atoms with Crippen molar-refractivity contribution < 1.29 is 18.0 Å². The SMILES string of the molecule is O=C(NCC1CCC1)c1cnc(Nc2ccccc2Cl)nc1C(F)(F)F. The number of benzene rings is 1. The first-order valence-corrected chi connectivity index (χ1v) is 8.46. The molecule has 2 N–H and O–H groups in total. The van der Waals surface area contributed by atoms with Crippen LogP contribution in [0.3, 0.4) is 0 Å². The van der Waals surface area contributed by atoms with Gasteiger partial charge in [0.05, 0.1) is 16.3 Å². The lowest BCUT2D eigenvalue weighted by atomic mass is 9.85. The van der Waals surface area contributed by atoms with Gasteiger partial charge in [-0.1, -0.05) is 30.2 Å². The number of para-hydroxylation sites is 1. The Bertz CT molecular complexity index is 809. The second-order valence-corrected chi connectivity index (χ2v) is 6.47. The molecule has 1 aliphatic rings. The molecule has 138 valence electrons. The fraction of sp³-hybridized carbons (Fsp3) is 0.353. The molecule has 1 heterocycles. The van der Waals surface area contributed by atoms with E-state index in [1.807, 2.05) is 0 Å². The van der Waals surface area contributed by atoms with Gasteiger partial charge in [0.15, 0.2) is 5.69 Å². The van der Waals surface area contributed by atoms with E-state index in [1.165, 1.54) is 0 Å². The van der Waals surface area contributed by atoms with Crippen molar-refractivity contribution in [3.63, 3.8) is 0 Å². The van der Waals surface area contributed by atoms with Gasteiger partial charge in [0.2, 0.25) is 5.95 Å². The molecule has 1 fully saturated rings. The molecule has 0 saturated heterocycles. The summed E-state index contributed by atoms with van der Waals surface area (Å²) >= 11 is 5.97. The zero-order chi connectivity index (χ0) is 18.7. The number of rotatable bonds is 5. The van der Waals surface area contributed by atoms with Gasteiger partial charge >= 0.3 is 6.18 Å². The molecule has 26 heavy (non-hydrogen) atoms. The largest absolute Gasteiger partial charge is 0.434 e. The summed E-state index contributed by atoms with van der Waals surface area (Å²) in [5.74, 6) is -0.787. The number of nitrogens with zero attached hydrogens (tertiary/aromatic N) is 2. The van der Waals surface area contributed by atoms with Crippen LogP contribution < -0.4 is 10.6 Å². The zero-order valence-corrected chi connectivity index (χ0v) is 14.4. The average molecular weight is 385 g/mol. The molecule has 1 aromatic heterocycles. The van der Waals surface area contributed by atoms with Crippen LogP contribution in [0.15, 0.2) is 30.5 Å². The van der Waals surface area contributed by atoms with E-state index < -0.39 is 23.3 Å². The van der Waals surface area contributed by atoms with Crippen molar-refractivity contribution >= 4 is 29.1 Å². The fourth-order valence-corrected chi connectivity index (χ4v) is 2.72. The Hall–Kier alpha value is -2.35. The van der Waals surface area contributed by atoms with Crippen LogP contribution in [-0.4, -0.2) is 22.4 Å². The van der Waals surface area contributed by atoms with E-state index in [1.54, 1.807) is 24.3 Å². The normalized spacial score (nSPS) is 14.6. The summed E-state index contributed by atoms with van der Waals surface area (Å²) in [5, 5.41) is 5.48. The highest BCUT2D eigenvalue weighted by molar-refractivity contribution is 6.33. The molecule has 0 radical (unpaired) electrons. The Kier molecular flexibility index (Phi) is 5.31. The minimum atomic E-state index is -4.79. The molecule has 9 heteroatoms. The summed E-state index contributed by atoms with van der Waals surface area (Å²) < 4.78 is 40.1. The average Bonchev–Trinajstić information content (AvgIpc) is 2.54. The molecule has 1 aliphatic carbocycles. The maximum atomic E-state index is 13.4. The lowest BCUT2D eigenvalue weighted by Gasteiger charge is -2.25. The maximum absolute atomic E-state index is 13.4. The van der Waals surface area contributed by atoms with Crippen LogP contribution in [0.1, 0.15) is 35.3 Å². The smallest absolute Gasteiger partial charge is 0.352 e. The van der Waals surface area contributed by atoms with E-state index in [9.17, 15) is 18.0 Å². The van der Waals surface area contributed by atoms with Gasteiger partial charge in [0.25, 0.3) is 5.91 Å². The Balaban J connectivity index is 1.83. The zero-order valence-electron chi connectivity index (χ0n) is 13.6. The van der Waals surface area contributed by atoms with Crippen LogP contribution in [0.25, 0.3) is 0 Å². The van der Waals surface area contributed by atoms with E-state index in [-0.39, 0.29) is 5.95 Å². The molecule has 0 unspecified atom stereocenters. The summed E-state index contributed by atoms with van der Waals surface area (Å²) in [4.78, 5) is 19.5. The predicted octanol–water partition coefficient (Wildman–Crippen LogP) is 4.42. The molecule has 1 aromatic carbocycles. The third kappa shape index (κ3) is 4.24. The van der Waals surface area contributed by atoms with Gasteiger partial charge in [-0.05, 0) is 30.9 Å². The highest BCUT2D eigenvalue weighted by atomic mass is 35.5. The maximum Gasteiger partial charge on any atom is 0.434 e. The van der Waals surface area contributed by atoms with Crippen molar-refractivity contribution in [1.29, 1.82) is 0 Å². The van der Waals surface area contributed by atoms with Gasteiger partial charge in [-0.2, -0.15) is 13.2 Å². The second kappa shape index (κ2) is 7.49. The fourth-order valence-electron chi connectivity index (χ4n) is 2.54. The number of carbonyl (C=O) groups excluding carboxylic acids is 1. The van der Waals surface area contributed by atoms with Crippen LogP contribution in [0.2, 0.25) is 5.02 Å². The number of anilines is 2. The lowest BCUT2D eigenvalue weighted by Crippen LogP contribution is -2.33. The van der Waals surface area contributed by atoms with E-state index in [0.29, 0.717) is 23.2 Å². The monoisotopic (exact) mass is 384 g/mol. The number of aromatic nitrogens is 2. The Morgan fingerprint density at radius 3 is 2.62 bits per heavy atom. The summed E-state index contributed by atoms with van der Waals surface area (Å²) in [7, 11) is 0. The van der Waals surface area contributed by atoms with Gasteiger partial charge in [0.1, 0.15) is 0 Å². The Labute approximate surface area is 153 Å². The Morgan fingerprint density at radius 2 is 2.00 bits per heavy atom. The highest BCUT2D eigenvalue weighted by Crippen LogP contribution is 2.32. The minimum Gasteiger partial charge on any atom is -0.352 e. The first-order chi connectivity index (χ1) is 12.3. The number of hydrogen-bond donors (Lipinski definition) is 2. The molecule has 2 aromatic rings. The van der Waals surface area contributed by atoms with E-state index in [0.717, 1.165) is 25.5 Å². The highest BCUT2D eigenvalue weighted by Gasteiger charge is 2.38. The number of carbonyl (C=O) groups is 1. The van der Waals surface area contributed by atoms with E-state index in [2.05, 4.69) is 20.6 Å². The molecule has 3 rings (SSSR count). The molecule has 0 aliphatic heterocycles. The first kappa shape index (κ1) is 18.4.